The van der Waals surface area contributed by atoms with Gasteiger partial charge in [0, 0.05) is 23.9 Å². The number of aromatic nitrogens is 1. The normalized spacial score (nSPS) is 10.9. The molecule has 0 atom stereocenters. The highest BCUT2D eigenvalue weighted by Crippen LogP contribution is 2.26. The van der Waals surface area contributed by atoms with E-state index in [1.165, 1.54) is 0 Å². The molecule has 0 bridgehead atoms. The van der Waals surface area contributed by atoms with Gasteiger partial charge < -0.3 is 9.47 Å². The SMILES string of the molecule is COCc1cc(C)nc(N/N=C\c2c(OC)ccc3ccccc23)c1C#N. The molecule has 0 saturated heterocycles. The van der Waals surface area contributed by atoms with E-state index in [4.69, 9.17) is 9.47 Å². The Kier molecular flexibility index (Phi) is 5.64. The lowest BCUT2D eigenvalue weighted by Crippen LogP contribution is -2.04. The number of hydrazone groups is 1. The van der Waals surface area contributed by atoms with Crippen molar-refractivity contribution in [3.63, 3.8) is 0 Å². The van der Waals surface area contributed by atoms with E-state index in [-0.39, 0.29) is 0 Å². The molecule has 1 aromatic heterocycles. The number of pyridine rings is 1. The van der Waals surface area contributed by atoms with Gasteiger partial charge in [-0.3, -0.25) is 5.43 Å². The number of aryl methyl sites for hydroxylation is 1. The number of methoxy groups -OCH3 is 2. The molecule has 0 spiro atoms. The third kappa shape index (κ3) is 3.89. The molecule has 0 aliphatic carbocycles. The molecule has 0 saturated carbocycles. The topological polar surface area (TPSA) is 79.5 Å². The van der Waals surface area contributed by atoms with Crippen LogP contribution in [0.1, 0.15) is 22.4 Å². The number of anilines is 1. The first kappa shape index (κ1) is 18.4. The Bertz CT molecular complexity index is 1040. The van der Waals surface area contributed by atoms with E-state index in [1.54, 1.807) is 20.4 Å². The van der Waals surface area contributed by atoms with Gasteiger partial charge in [0.25, 0.3) is 0 Å². The maximum atomic E-state index is 9.50. The van der Waals surface area contributed by atoms with Crippen LogP contribution >= 0.6 is 0 Å². The van der Waals surface area contributed by atoms with Gasteiger partial charge >= 0.3 is 0 Å². The van der Waals surface area contributed by atoms with Crippen molar-refractivity contribution in [2.45, 2.75) is 13.5 Å². The van der Waals surface area contributed by atoms with Crippen LogP contribution in [0, 0.1) is 18.3 Å². The summed E-state index contributed by atoms with van der Waals surface area (Å²) in [6.07, 6.45) is 1.68. The summed E-state index contributed by atoms with van der Waals surface area (Å²) < 4.78 is 10.6. The molecular weight excluding hydrogens is 340 g/mol. The molecule has 2 aromatic carbocycles. The van der Waals surface area contributed by atoms with Gasteiger partial charge in [0.05, 0.1) is 19.9 Å². The fourth-order valence-electron chi connectivity index (χ4n) is 2.96. The molecule has 6 nitrogen and oxygen atoms in total. The molecule has 0 aliphatic heterocycles. The number of benzene rings is 2. The second kappa shape index (κ2) is 8.30. The van der Waals surface area contributed by atoms with Crippen molar-refractivity contribution >= 4 is 22.8 Å². The lowest BCUT2D eigenvalue weighted by atomic mass is 10.0. The summed E-state index contributed by atoms with van der Waals surface area (Å²) >= 11 is 0. The maximum absolute atomic E-state index is 9.50. The Hall–Kier alpha value is -3.43. The summed E-state index contributed by atoms with van der Waals surface area (Å²) in [5, 5.41) is 15.9. The summed E-state index contributed by atoms with van der Waals surface area (Å²) in [6, 6.07) is 15.9. The van der Waals surface area contributed by atoms with E-state index in [1.807, 2.05) is 49.4 Å². The molecular formula is C21H20N4O2. The molecule has 27 heavy (non-hydrogen) atoms. The van der Waals surface area contributed by atoms with Crippen molar-refractivity contribution in [2.75, 3.05) is 19.6 Å². The number of nitrogens with one attached hydrogen (secondary N) is 1. The van der Waals surface area contributed by atoms with Crippen LogP contribution in [0.3, 0.4) is 0 Å². The summed E-state index contributed by atoms with van der Waals surface area (Å²) in [4.78, 5) is 4.39. The second-order valence-corrected chi connectivity index (χ2v) is 5.96. The Morgan fingerprint density at radius 2 is 2.04 bits per heavy atom. The van der Waals surface area contributed by atoms with Gasteiger partial charge in [-0.1, -0.05) is 30.3 Å². The third-order valence-electron chi connectivity index (χ3n) is 4.16. The zero-order chi connectivity index (χ0) is 19.2. The van der Waals surface area contributed by atoms with Crippen molar-refractivity contribution in [3.8, 4) is 11.8 Å². The summed E-state index contributed by atoms with van der Waals surface area (Å²) in [5.74, 6) is 1.12. The molecule has 3 aromatic rings. The monoisotopic (exact) mass is 360 g/mol. The van der Waals surface area contributed by atoms with Gasteiger partial charge in [0.2, 0.25) is 0 Å². The van der Waals surface area contributed by atoms with Gasteiger partial charge in [-0.2, -0.15) is 10.4 Å². The molecule has 1 N–H and O–H groups in total. The van der Waals surface area contributed by atoms with Gasteiger partial charge in [-0.15, -0.1) is 0 Å². The zero-order valence-electron chi connectivity index (χ0n) is 15.5. The van der Waals surface area contributed by atoms with Crippen LogP contribution in [0.2, 0.25) is 0 Å². The van der Waals surface area contributed by atoms with Gasteiger partial charge in [0.15, 0.2) is 5.82 Å². The summed E-state index contributed by atoms with van der Waals surface area (Å²) in [7, 11) is 3.22. The molecule has 6 heteroatoms. The van der Waals surface area contributed by atoms with E-state index in [2.05, 4.69) is 21.6 Å². The van der Waals surface area contributed by atoms with Crippen LogP contribution in [0.5, 0.6) is 5.75 Å². The average Bonchev–Trinajstić information content (AvgIpc) is 2.68. The summed E-state index contributed by atoms with van der Waals surface area (Å²) in [5.41, 5.74) is 5.72. The molecule has 0 amide bonds. The largest absolute Gasteiger partial charge is 0.496 e. The van der Waals surface area contributed by atoms with E-state index in [0.717, 1.165) is 33.3 Å². The van der Waals surface area contributed by atoms with Crippen molar-refractivity contribution in [3.05, 3.63) is 64.8 Å². The lowest BCUT2D eigenvalue weighted by molar-refractivity contribution is 0.184. The quantitative estimate of drug-likeness (QED) is 0.530. The fourth-order valence-corrected chi connectivity index (χ4v) is 2.96. The molecule has 136 valence electrons. The number of nitriles is 1. The van der Waals surface area contributed by atoms with E-state index >= 15 is 0 Å². The highest BCUT2D eigenvalue weighted by Gasteiger charge is 2.11. The first-order chi connectivity index (χ1) is 13.2. The predicted octanol–water partition coefficient (Wildman–Crippen LogP) is 4.02. The Morgan fingerprint density at radius 1 is 1.22 bits per heavy atom. The van der Waals surface area contributed by atoms with Crippen LogP contribution in [0.25, 0.3) is 10.8 Å². The predicted molar refractivity (Wildman–Crippen MR) is 106 cm³/mol. The molecule has 0 fully saturated rings. The number of nitrogens with zero attached hydrogens (tertiary/aromatic N) is 3. The summed E-state index contributed by atoms with van der Waals surface area (Å²) in [6.45, 7) is 2.20. The van der Waals surface area contributed by atoms with Crippen molar-refractivity contribution in [1.82, 2.24) is 4.98 Å². The van der Waals surface area contributed by atoms with Crippen molar-refractivity contribution in [1.29, 1.82) is 5.26 Å². The van der Waals surface area contributed by atoms with Gasteiger partial charge in [0.1, 0.15) is 17.4 Å². The average molecular weight is 360 g/mol. The third-order valence-corrected chi connectivity index (χ3v) is 4.16. The number of fused-ring (bicyclic) bond motifs is 1. The van der Waals surface area contributed by atoms with Crippen LogP contribution < -0.4 is 10.2 Å². The van der Waals surface area contributed by atoms with Crippen molar-refractivity contribution < 1.29 is 9.47 Å². The highest BCUT2D eigenvalue weighted by molar-refractivity contribution is 6.02. The Balaban J connectivity index is 1.97. The van der Waals surface area contributed by atoms with Crippen LogP contribution in [0.4, 0.5) is 5.82 Å². The van der Waals surface area contributed by atoms with Crippen LogP contribution in [0.15, 0.2) is 47.6 Å². The first-order valence-electron chi connectivity index (χ1n) is 8.42. The number of ether oxygens (including phenoxy) is 2. The minimum absolute atomic E-state index is 0.335. The molecule has 0 aliphatic rings. The Labute approximate surface area is 158 Å². The van der Waals surface area contributed by atoms with Gasteiger partial charge in [-0.05, 0) is 29.8 Å². The zero-order valence-corrected chi connectivity index (χ0v) is 15.5. The van der Waals surface area contributed by atoms with Gasteiger partial charge in [-0.25, -0.2) is 4.98 Å². The smallest absolute Gasteiger partial charge is 0.164 e. The molecule has 3 rings (SSSR count). The highest BCUT2D eigenvalue weighted by atomic mass is 16.5. The number of rotatable bonds is 6. The van der Waals surface area contributed by atoms with E-state index in [0.29, 0.717) is 18.0 Å². The lowest BCUT2D eigenvalue weighted by Gasteiger charge is -2.10. The first-order valence-corrected chi connectivity index (χ1v) is 8.42. The maximum Gasteiger partial charge on any atom is 0.164 e. The second-order valence-electron chi connectivity index (χ2n) is 5.96. The fraction of sp³-hybridized carbons (Fsp3) is 0.190. The standard InChI is InChI=1S/C21H20N4O2/c1-14-10-16(13-26-2)18(11-22)21(24-14)25-23-12-19-17-7-5-4-6-15(17)8-9-20(19)27-3/h4-10,12H,13H2,1-3H3,(H,24,25)/b23-12-. The molecule has 0 radical (unpaired) electrons. The minimum Gasteiger partial charge on any atom is -0.496 e. The van der Waals surface area contributed by atoms with Crippen LogP contribution in [-0.2, 0) is 11.3 Å². The number of hydrogen-bond acceptors (Lipinski definition) is 6. The molecule has 1 heterocycles. The minimum atomic E-state index is 0.335. The van der Waals surface area contributed by atoms with Crippen molar-refractivity contribution in [2.24, 2.45) is 5.10 Å². The van der Waals surface area contributed by atoms with E-state index in [9.17, 15) is 5.26 Å². The Morgan fingerprint density at radius 3 is 2.78 bits per heavy atom. The number of hydrogen-bond donors (Lipinski definition) is 1. The molecule has 0 unspecified atom stereocenters. The van der Waals surface area contributed by atoms with Crippen LogP contribution in [-0.4, -0.2) is 25.4 Å². The van der Waals surface area contributed by atoms with E-state index < -0.39 is 0 Å².